The summed E-state index contributed by atoms with van der Waals surface area (Å²) >= 11 is 1.62. The Morgan fingerprint density at radius 3 is 2.47 bits per heavy atom. The maximum atomic E-state index is 12.3. The summed E-state index contributed by atoms with van der Waals surface area (Å²) in [5, 5.41) is 12.5. The molecule has 2 unspecified atom stereocenters. The number of thioether (sulfide) groups is 1. The predicted octanol–water partition coefficient (Wildman–Crippen LogP) is 1.14. The van der Waals surface area contributed by atoms with Crippen molar-refractivity contribution >= 4 is 23.6 Å². The van der Waals surface area contributed by atoms with Gasteiger partial charge < -0.3 is 15.3 Å². The summed E-state index contributed by atoms with van der Waals surface area (Å²) in [7, 11) is 0. The third-order valence-electron chi connectivity index (χ3n) is 3.40. The minimum Gasteiger partial charge on any atom is -0.480 e. The molecule has 2 rings (SSSR count). The standard InChI is InChI=1S/C13H22N2O3S/c1-13(2,3)14-6-10(16)15-9(12(17)18)7-19-11(15)8-4-5-8/h8-9,11,14H,4-7H2,1-3H3,(H,17,18). The molecule has 0 aromatic carbocycles. The Kier molecular flexibility index (Phi) is 4.11. The number of carbonyl (C=O) groups excluding carboxylic acids is 1. The first-order valence-corrected chi connectivity index (χ1v) is 7.75. The largest absolute Gasteiger partial charge is 0.480 e. The topological polar surface area (TPSA) is 69.6 Å². The molecule has 2 N–H and O–H groups in total. The van der Waals surface area contributed by atoms with E-state index in [2.05, 4.69) is 5.32 Å². The van der Waals surface area contributed by atoms with Gasteiger partial charge in [0.25, 0.3) is 0 Å². The number of rotatable bonds is 4. The Morgan fingerprint density at radius 2 is 2.00 bits per heavy atom. The van der Waals surface area contributed by atoms with Gasteiger partial charge in [-0.05, 0) is 39.5 Å². The first kappa shape index (κ1) is 14.7. The molecular weight excluding hydrogens is 264 g/mol. The molecule has 0 bridgehead atoms. The molecule has 1 saturated heterocycles. The number of hydrogen-bond donors (Lipinski definition) is 2. The zero-order chi connectivity index (χ0) is 14.2. The summed E-state index contributed by atoms with van der Waals surface area (Å²) in [5.41, 5.74) is -0.143. The first-order valence-electron chi connectivity index (χ1n) is 6.70. The van der Waals surface area contributed by atoms with Gasteiger partial charge in [-0.15, -0.1) is 11.8 Å². The monoisotopic (exact) mass is 286 g/mol. The van der Waals surface area contributed by atoms with Gasteiger partial charge in [0.05, 0.1) is 11.9 Å². The van der Waals surface area contributed by atoms with Crippen LogP contribution in [0.3, 0.4) is 0 Å². The lowest BCUT2D eigenvalue weighted by Crippen LogP contribution is -2.51. The lowest BCUT2D eigenvalue weighted by atomic mass is 10.1. The van der Waals surface area contributed by atoms with E-state index in [0.29, 0.717) is 11.7 Å². The molecule has 0 radical (unpaired) electrons. The molecule has 5 nitrogen and oxygen atoms in total. The summed E-state index contributed by atoms with van der Waals surface area (Å²) in [6, 6.07) is -0.662. The molecule has 1 saturated carbocycles. The number of nitrogens with one attached hydrogen (secondary N) is 1. The molecule has 19 heavy (non-hydrogen) atoms. The highest BCUT2D eigenvalue weighted by Gasteiger charge is 2.47. The van der Waals surface area contributed by atoms with E-state index in [1.54, 1.807) is 16.7 Å². The summed E-state index contributed by atoms with van der Waals surface area (Å²) in [4.78, 5) is 25.2. The minimum absolute atomic E-state index is 0.0652. The number of aliphatic carboxylic acids is 1. The van der Waals surface area contributed by atoms with Crippen LogP contribution in [-0.4, -0.2) is 51.1 Å². The van der Waals surface area contributed by atoms with E-state index in [4.69, 9.17) is 0 Å². The van der Waals surface area contributed by atoms with E-state index in [9.17, 15) is 14.7 Å². The Hall–Kier alpha value is -0.750. The van der Waals surface area contributed by atoms with E-state index in [1.165, 1.54) is 0 Å². The quantitative estimate of drug-likeness (QED) is 0.811. The van der Waals surface area contributed by atoms with Crippen LogP contribution in [0, 0.1) is 5.92 Å². The Bertz CT molecular complexity index is 377. The molecule has 2 fully saturated rings. The highest BCUT2D eigenvalue weighted by atomic mass is 32.2. The number of carboxylic acid groups (broad SMARTS) is 1. The van der Waals surface area contributed by atoms with Crippen molar-refractivity contribution in [3.05, 3.63) is 0 Å². The van der Waals surface area contributed by atoms with Crippen LogP contribution in [0.25, 0.3) is 0 Å². The number of hydrogen-bond acceptors (Lipinski definition) is 4. The SMILES string of the molecule is CC(C)(C)NCC(=O)N1C(C(=O)O)CSC1C1CC1. The van der Waals surface area contributed by atoms with Gasteiger partial charge in [-0.2, -0.15) is 0 Å². The van der Waals surface area contributed by atoms with Gasteiger partial charge in [-0.3, -0.25) is 4.79 Å². The van der Waals surface area contributed by atoms with Crippen molar-refractivity contribution in [2.45, 2.75) is 50.6 Å². The molecule has 0 aromatic rings. The highest BCUT2D eigenvalue weighted by molar-refractivity contribution is 8.00. The van der Waals surface area contributed by atoms with Crippen molar-refractivity contribution < 1.29 is 14.7 Å². The molecule has 0 aromatic heterocycles. The minimum atomic E-state index is -0.889. The summed E-state index contributed by atoms with van der Waals surface area (Å²) in [5.74, 6) is 0.0227. The van der Waals surface area contributed by atoms with E-state index in [0.717, 1.165) is 12.8 Å². The van der Waals surface area contributed by atoms with Crippen LogP contribution in [0.15, 0.2) is 0 Å². The van der Waals surface area contributed by atoms with Gasteiger partial charge in [-0.25, -0.2) is 4.79 Å². The third-order valence-corrected chi connectivity index (χ3v) is 4.86. The van der Waals surface area contributed by atoms with Crippen LogP contribution in [-0.2, 0) is 9.59 Å². The molecule has 1 heterocycles. The van der Waals surface area contributed by atoms with Gasteiger partial charge in [0.15, 0.2) is 0 Å². The molecule has 1 amide bonds. The number of carboxylic acids is 1. The van der Waals surface area contributed by atoms with Crippen molar-refractivity contribution in [2.24, 2.45) is 5.92 Å². The predicted molar refractivity (Wildman–Crippen MR) is 75.0 cm³/mol. The average Bonchev–Trinajstić information content (AvgIpc) is 3.03. The van der Waals surface area contributed by atoms with Crippen LogP contribution in [0.1, 0.15) is 33.6 Å². The normalized spacial score (nSPS) is 27.6. The van der Waals surface area contributed by atoms with Gasteiger partial charge in [-0.1, -0.05) is 0 Å². The highest BCUT2D eigenvalue weighted by Crippen LogP contribution is 2.45. The lowest BCUT2D eigenvalue weighted by molar-refractivity contribution is -0.149. The van der Waals surface area contributed by atoms with Crippen LogP contribution in [0.5, 0.6) is 0 Å². The summed E-state index contributed by atoms with van der Waals surface area (Å²) < 4.78 is 0. The molecule has 1 aliphatic carbocycles. The van der Waals surface area contributed by atoms with Crippen molar-refractivity contribution in [1.29, 1.82) is 0 Å². The van der Waals surface area contributed by atoms with Crippen LogP contribution in [0.2, 0.25) is 0 Å². The fraction of sp³-hybridized carbons (Fsp3) is 0.846. The molecular formula is C13H22N2O3S. The maximum absolute atomic E-state index is 12.3. The zero-order valence-electron chi connectivity index (χ0n) is 11.7. The molecule has 2 aliphatic rings. The van der Waals surface area contributed by atoms with E-state index >= 15 is 0 Å². The van der Waals surface area contributed by atoms with E-state index in [1.807, 2.05) is 20.8 Å². The van der Waals surface area contributed by atoms with Crippen molar-refractivity contribution in [3.8, 4) is 0 Å². The summed E-state index contributed by atoms with van der Waals surface area (Å²) in [6.07, 6.45) is 2.22. The van der Waals surface area contributed by atoms with Crippen LogP contribution in [0.4, 0.5) is 0 Å². The Balaban J connectivity index is 2.03. The average molecular weight is 286 g/mol. The Morgan fingerprint density at radius 1 is 1.37 bits per heavy atom. The molecule has 6 heteroatoms. The first-order chi connectivity index (χ1) is 8.79. The Labute approximate surface area is 118 Å². The van der Waals surface area contributed by atoms with E-state index in [-0.39, 0.29) is 23.4 Å². The third kappa shape index (κ3) is 3.63. The maximum Gasteiger partial charge on any atom is 0.327 e. The van der Waals surface area contributed by atoms with E-state index < -0.39 is 12.0 Å². The molecule has 2 atom stereocenters. The van der Waals surface area contributed by atoms with Crippen LogP contribution >= 0.6 is 11.8 Å². The van der Waals surface area contributed by atoms with Gasteiger partial charge in [0.2, 0.25) is 5.91 Å². The van der Waals surface area contributed by atoms with Gasteiger partial charge in [0.1, 0.15) is 6.04 Å². The second-order valence-electron chi connectivity index (χ2n) is 6.32. The summed E-state index contributed by atoms with van der Waals surface area (Å²) in [6.45, 7) is 6.18. The van der Waals surface area contributed by atoms with Crippen LogP contribution < -0.4 is 5.32 Å². The molecule has 0 spiro atoms. The fourth-order valence-electron chi connectivity index (χ4n) is 2.21. The number of carbonyl (C=O) groups is 2. The second kappa shape index (κ2) is 5.32. The zero-order valence-corrected chi connectivity index (χ0v) is 12.5. The number of nitrogens with zero attached hydrogens (tertiary/aromatic N) is 1. The fourth-order valence-corrected chi connectivity index (χ4v) is 3.86. The molecule has 108 valence electrons. The molecule has 1 aliphatic heterocycles. The second-order valence-corrected chi connectivity index (χ2v) is 7.47. The van der Waals surface area contributed by atoms with Gasteiger partial charge in [0, 0.05) is 11.3 Å². The smallest absolute Gasteiger partial charge is 0.327 e. The number of amides is 1. The van der Waals surface area contributed by atoms with Crippen molar-refractivity contribution in [2.75, 3.05) is 12.3 Å². The van der Waals surface area contributed by atoms with Gasteiger partial charge >= 0.3 is 5.97 Å². The lowest BCUT2D eigenvalue weighted by Gasteiger charge is -2.29. The van der Waals surface area contributed by atoms with Crippen molar-refractivity contribution in [3.63, 3.8) is 0 Å². The van der Waals surface area contributed by atoms with Crippen molar-refractivity contribution in [1.82, 2.24) is 10.2 Å².